The van der Waals surface area contributed by atoms with Crippen LogP contribution in [0.1, 0.15) is 18.7 Å². The van der Waals surface area contributed by atoms with Crippen molar-refractivity contribution in [2.75, 3.05) is 5.73 Å². The largest absolute Gasteiger partial charge is 0.452 e. The van der Waals surface area contributed by atoms with Gasteiger partial charge in [0, 0.05) is 0 Å². The van der Waals surface area contributed by atoms with E-state index in [1.807, 2.05) is 19.1 Å². The SMILES string of the molecule is CC(c1ccc(Br)o1)n1ncc(I)c1N. The monoisotopic (exact) mass is 381 g/mol. The van der Waals surface area contributed by atoms with Crippen molar-refractivity contribution in [1.82, 2.24) is 9.78 Å². The topological polar surface area (TPSA) is 57.0 Å². The molecule has 80 valence electrons. The summed E-state index contributed by atoms with van der Waals surface area (Å²) < 4.78 is 8.87. The van der Waals surface area contributed by atoms with Gasteiger partial charge in [-0.3, -0.25) is 0 Å². The summed E-state index contributed by atoms with van der Waals surface area (Å²) in [6, 6.07) is 3.76. The molecule has 0 aliphatic rings. The lowest BCUT2D eigenvalue weighted by atomic mass is 10.2. The summed E-state index contributed by atoms with van der Waals surface area (Å²) in [5, 5.41) is 4.21. The van der Waals surface area contributed by atoms with E-state index in [1.165, 1.54) is 0 Å². The van der Waals surface area contributed by atoms with Gasteiger partial charge in [-0.15, -0.1) is 0 Å². The number of nitrogen functional groups attached to an aromatic ring is 1. The van der Waals surface area contributed by atoms with Crippen molar-refractivity contribution in [3.8, 4) is 0 Å². The van der Waals surface area contributed by atoms with E-state index >= 15 is 0 Å². The van der Waals surface area contributed by atoms with Crippen molar-refractivity contribution in [2.45, 2.75) is 13.0 Å². The van der Waals surface area contributed by atoms with Gasteiger partial charge in [-0.25, -0.2) is 4.68 Å². The Morgan fingerprint density at radius 1 is 1.60 bits per heavy atom. The summed E-state index contributed by atoms with van der Waals surface area (Å²) in [5.41, 5.74) is 5.89. The number of nitrogens with two attached hydrogens (primary N) is 1. The molecule has 0 saturated carbocycles. The predicted octanol–water partition coefficient (Wildman–Crippen LogP) is 3.03. The molecule has 6 heteroatoms. The summed E-state index contributed by atoms with van der Waals surface area (Å²) in [7, 11) is 0. The van der Waals surface area contributed by atoms with Crippen LogP contribution in [0.2, 0.25) is 0 Å². The zero-order chi connectivity index (χ0) is 11.0. The Hall–Kier alpha value is -0.500. The molecule has 2 aromatic heterocycles. The van der Waals surface area contributed by atoms with E-state index in [1.54, 1.807) is 10.9 Å². The first kappa shape index (κ1) is 11.0. The van der Waals surface area contributed by atoms with Crippen molar-refractivity contribution in [3.63, 3.8) is 0 Å². The zero-order valence-electron chi connectivity index (χ0n) is 7.95. The molecule has 0 amide bonds. The molecule has 15 heavy (non-hydrogen) atoms. The summed E-state index contributed by atoms with van der Waals surface area (Å²) in [4.78, 5) is 0. The highest BCUT2D eigenvalue weighted by Crippen LogP contribution is 2.26. The first-order valence-electron chi connectivity index (χ1n) is 4.33. The van der Waals surface area contributed by atoms with E-state index in [-0.39, 0.29) is 6.04 Å². The normalized spacial score (nSPS) is 13.0. The molecule has 0 aromatic carbocycles. The molecule has 0 aliphatic heterocycles. The van der Waals surface area contributed by atoms with Gasteiger partial charge in [-0.1, -0.05) is 0 Å². The molecule has 0 saturated heterocycles. The molecule has 4 nitrogen and oxygen atoms in total. The lowest BCUT2D eigenvalue weighted by Gasteiger charge is -2.10. The van der Waals surface area contributed by atoms with Crippen LogP contribution in [0.4, 0.5) is 5.82 Å². The van der Waals surface area contributed by atoms with Crippen LogP contribution in [0.15, 0.2) is 27.4 Å². The van der Waals surface area contributed by atoms with E-state index in [2.05, 4.69) is 43.6 Å². The number of aromatic nitrogens is 2. The molecular formula is C9H9BrIN3O. The number of hydrogen-bond donors (Lipinski definition) is 1. The zero-order valence-corrected chi connectivity index (χ0v) is 11.7. The Kier molecular flexibility index (Phi) is 3.06. The van der Waals surface area contributed by atoms with Crippen LogP contribution in [-0.4, -0.2) is 9.78 Å². The number of rotatable bonds is 2. The molecule has 1 atom stereocenters. The number of nitrogens with zero attached hydrogens (tertiary/aromatic N) is 2. The highest BCUT2D eigenvalue weighted by Gasteiger charge is 2.16. The van der Waals surface area contributed by atoms with Gasteiger partial charge in [0.25, 0.3) is 0 Å². The van der Waals surface area contributed by atoms with Crippen LogP contribution in [0.25, 0.3) is 0 Å². The maximum atomic E-state index is 5.89. The molecule has 0 spiro atoms. The lowest BCUT2D eigenvalue weighted by molar-refractivity contribution is 0.416. The minimum absolute atomic E-state index is 0.000170. The van der Waals surface area contributed by atoms with Gasteiger partial charge in [-0.05, 0) is 57.6 Å². The fourth-order valence-corrected chi connectivity index (χ4v) is 2.02. The average Bonchev–Trinajstić information content (AvgIpc) is 2.75. The van der Waals surface area contributed by atoms with Gasteiger partial charge in [0.15, 0.2) is 4.67 Å². The van der Waals surface area contributed by atoms with Crippen molar-refractivity contribution in [3.05, 3.63) is 32.3 Å². The molecule has 2 heterocycles. The van der Waals surface area contributed by atoms with Crippen LogP contribution in [-0.2, 0) is 0 Å². The smallest absolute Gasteiger partial charge is 0.169 e. The van der Waals surface area contributed by atoms with Crippen molar-refractivity contribution in [1.29, 1.82) is 0 Å². The van der Waals surface area contributed by atoms with Crippen molar-refractivity contribution in [2.24, 2.45) is 0 Å². The summed E-state index contributed by atoms with van der Waals surface area (Å²) in [5.74, 6) is 1.49. The standard InChI is InChI=1S/C9H9BrIN3O/c1-5(7-2-3-8(10)15-7)14-9(12)6(11)4-13-14/h2-5H,12H2,1H3. The molecule has 1 unspecified atom stereocenters. The van der Waals surface area contributed by atoms with Gasteiger partial charge in [-0.2, -0.15) is 5.10 Å². The van der Waals surface area contributed by atoms with Gasteiger partial charge in [0.1, 0.15) is 17.6 Å². The van der Waals surface area contributed by atoms with Crippen LogP contribution in [0.3, 0.4) is 0 Å². The maximum absolute atomic E-state index is 5.89. The fourth-order valence-electron chi connectivity index (χ4n) is 1.33. The van der Waals surface area contributed by atoms with Gasteiger partial charge in [0.05, 0.1) is 9.77 Å². The molecule has 0 aliphatic carbocycles. The van der Waals surface area contributed by atoms with Crippen LogP contribution < -0.4 is 5.73 Å². The van der Waals surface area contributed by atoms with Crippen LogP contribution in [0.5, 0.6) is 0 Å². The predicted molar refractivity (Wildman–Crippen MR) is 69.6 cm³/mol. The first-order valence-corrected chi connectivity index (χ1v) is 6.20. The number of halogens is 2. The van der Waals surface area contributed by atoms with E-state index < -0.39 is 0 Å². The quantitative estimate of drug-likeness (QED) is 0.813. The van der Waals surface area contributed by atoms with E-state index in [0.717, 1.165) is 9.33 Å². The van der Waals surface area contributed by atoms with E-state index in [9.17, 15) is 0 Å². The van der Waals surface area contributed by atoms with Crippen LogP contribution >= 0.6 is 38.5 Å². The highest BCUT2D eigenvalue weighted by molar-refractivity contribution is 14.1. The summed E-state index contributed by atoms with van der Waals surface area (Å²) in [6.45, 7) is 1.99. The Bertz CT molecular complexity index is 479. The number of anilines is 1. The molecule has 0 radical (unpaired) electrons. The fraction of sp³-hybridized carbons (Fsp3) is 0.222. The molecule has 2 rings (SSSR count). The minimum Gasteiger partial charge on any atom is -0.452 e. The van der Waals surface area contributed by atoms with Gasteiger partial charge >= 0.3 is 0 Å². The molecule has 2 aromatic rings. The first-order chi connectivity index (χ1) is 7.09. The third kappa shape index (κ3) is 2.05. The number of furan rings is 1. The molecular weight excluding hydrogens is 373 g/mol. The van der Waals surface area contributed by atoms with Crippen molar-refractivity contribution >= 4 is 44.3 Å². The molecule has 2 N–H and O–H groups in total. The Balaban J connectivity index is 2.36. The second kappa shape index (κ2) is 4.17. The third-order valence-electron chi connectivity index (χ3n) is 2.16. The van der Waals surface area contributed by atoms with Crippen molar-refractivity contribution < 1.29 is 4.42 Å². The van der Waals surface area contributed by atoms with Gasteiger partial charge in [0.2, 0.25) is 0 Å². The highest BCUT2D eigenvalue weighted by atomic mass is 127. The molecule has 0 fully saturated rings. The summed E-state index contributed by atoms with van der Waals surface area (Å²) in [6.07, 6.45) is 1.74. The van der Waals surface area contributed by atoms with Gasteiger partial charge < -0.3 is 10.2 Å². The van der Waals surface area contributed by atoms with E-state index in [0.29, 0.717) is 10.5 Å². The minimum atomic E-state index is -0.000170. The summed E-state index contributed by atoms with van der Waals surface area (Å²) >= 11 is 5.42. The maximum Gasteiger partial charge on any atom is 0.169 e. The van der Waals surface area contributed by atoms with E-state index in [4.69, 9.17) is 10.2 Å². The van der Waals surface area contributed by atoms with Crippen LogP contribution in [0, 0.1) is 3.57 Å². The number of hydrogen-bond acceptors (Lipinski definition) is 3. The second-order valence-corrected chi connectivity index (χ2v) is 5.08. The third-order valence-corrected chi connectivity index (χ3v) is 3.42. The lowest BCUT2D eigenvalue weighted by Crippen LogP contribution is -2.10. The molecule has 0 bridgehead atoms. The Labute approximate surface area is 109 Å². The Morgan fingerprint density at radius 2 is 2.33 bits per heavy atom. The Morgan fingerprint density at radius 3 is 2.80 bits per heavy atom. The second-order valence-electron chi connectivity index (χ2n) is 3.14. The average molecular weight is 382 g/mol.